The van der Waals surface area contributed by atoms with Gasteiger partial charge in [0, 0.05) is 82.5 Å². The van der Waals surface area contributed by atoms with E-state index in [1.54, 1.807) is 26.8 Å². The molecule has 103 heavy (non-hydrogen) atoms. The molecular weight excluding hydrogens is 1350 g/mol. The summed E-state index contributed by atoms with van der Waals surface area (Å²) in [5, 5.41) is 8.41. The SMILES string of the molecule is C=CC[C@H]1C(=O)N[C@@H]([C@@H](C)CC)C(=O)N(C)CC(=O)N(C)[C@@H]2C/C=C\CCN(C2=O)[C@@H](CC2CCCCC2)C(=O)N(C)CC(=O)N[C@@H](CCc2cc(F)c(C(F)(F)F)c(F)c2)C(=O)N2C[C@H](OCC)C[C@H]2C(=O)NC2(CCC2)C(=O)N(C)[C@@H](C2CCCC2)C(=O)N(C)[C@H](C(=O)N(C)C)CC(=O)N1C. The van der Waals surface area contributed by atoms with Crippen LogP contribution in [0.1, 0.15) is 160 Å². The van der Waals surface area contributed by atoms with Gasteiger partial charge in [0.25, 0.3) is 0 Å². The zero-order chi connectivity index (χ0) is 76.1. The Morgan fingerprint density at radius 1 is 0.718 bits per heavy atom. The number of alkyl halides is 3. The van der Waals surface area contributed by atoms with Crippen LogP contribution in [-0.4, -0.2) is 264 Å². The zero-order valence-electron chi connectivity index (χ0n) is 61.6. The number of nitrogens with one attached hydrogen (secondary N) is 3. The van der Waals surface area contributed by atoms with E-state index in [1.165, 1.54) is 82.1 Å². The predicted octanol–water partition coefficient (Wildman–Crippen LogP) is 4.98. The molecule has 3 N–H and O–H groups in total. The van der Waals surface area contributed by atoms with E-state index in [1.807, 2.05) is 6.08 Å². The largest absolute Gasteiger partial charge is 0.422 e. The number of nitrogens with zero attached hydrogens (tertiary/aromatic N) is 9. The molecule has 5 fully saturated rings. The molecule has 30 heteroatoms. The molecular formula is C73H107F5N12O13. The van der Waals surface area contributed by atoms with Crippen LogP contribution in [0.2, 0.25) is 0 Å². The lowest BCUT2D eigenvalue weighted by molar-refractivity contribution is -0.157. The van der Waals surface area contributed by atoms with E-state index in [0.29, 0.717) is 57.1 Å². The van der Waals surface area contributed by atoms with Gasteiger partial charge < -0.3 is 64.8 Å². The maximum Gasteiger partial charge on any atom is 0.422 e. The lowest BCUT2D eigenvalue weighted by atomic mass is 9.74. The quantitative estimate of drug-likeness (QED) is 0.174. The molecule has 3 aliphatic carbocycles. The third-order valence-corrected chi connectivity index (χ3v) is 22.0. The minimum Gasteiger partial charge on any atom is -0.377 e. The number of carbonyl (C=O) groups is 12. The molecule has 3 aliphatic heterocycles. The maximum absolute atomic E-state index is 15.4. The molecule has 0 aromatic heterocycles. The zero-order valence-corrected chi connectivity index (χ0v) is 61.6. The molecule has 25 nitrogen and oxygen atoms in total. The van der Waals surface area contributed by atoms with Crippen LogP contribution in [0.25, 0.3) is 0 Å². The highest BCUT2D eigenvalue weighted by Gasteiger charge is 2.54. The van der Waals surface area contributed by atoms with Crippen molar-refractivity contribution in [3.63, 3.8) is 0 Å². The maximum atomic E-state index is 15.4. The second-order valence-electron chi connectivity index (χ2n) is 29.3. The van der Waals surface area contributed by atoms with Gasteiger partial charge in [-0.1, -0.05) is 83.4 Å². The molecule has 1 aromatic carbocycles. The molecule has 0 radical (unpaired) electrons. The van der Waals surface area contributed by atoms with Crippen LogP contribution in [0.15, 0.2) is 36.9 Å². The van der Waals surface area contributed by atoms with Crippen molar-refractivity contribution < 1.29 is 84.2 Å². The minimum atomic E-state index is -5.41. The summed E-state index contributed by atoms with van der Waals surface area (Å²) in [4.78, 5) is 191. The number of ether oxygens (including phenoxy) is 1. The van der Waals surface area contributed by atoms with Crippen LogP contribution >= 0.6 is 0 Å². The molecule has 0 unspecified atom stereocenters. The number of carbonyl (C=O) groups excluding carboxylic acids is 12. The van der Waals surface area contributed by atoms with Crippen molar-refractivity contribution in [2.75, 3.05) is 89.2 Å². The Hall–Kier alpha value is -8.05. The van der Waals surface area contributed by atoms with Crippen LogP contribution in [0.5, 0.6) is 0 Å². The number of benzene rings is 1. The Morgan fingerprint density at radius 2 is 1.35 bits per heavy atom. The molecule has 6 aliphatic rings. The average Bonchev–Trinajstić information content (AvgIpc) is 1.69. The average molecular weight is 1460 g/mol. The van der Waals surface area contributed by atoms with Gasteiger partial charge in [-0.15, -0.1) is 6.58 Å². The normalized spacial score (nSPS) is 27.6. The summed E-state index contributed by atoms with van der Waals surface area (Å²) in [6.45, 7) is 7.54. The Morgan fingerprint density at radius 3 is 1.93 bits per heavy atom. The van der Waals surface area contributed by atoms with Gasteiger partial charge in [-0.25, -0.2) is 8.78 Å². The highest BCUT2D eigenvalue weighted by molar-refractivity contribution is 6.01. The van der Waals surface area contributed by atoms with E-state index in [-0.39, 0.29) is 69.7 Å². The van der Waals surface area contributed by atoms with Crippen molar-refractivity contribution in [1.82, 2.24) is 60.0 Å². The number of amides is 12. The van der Waals surface area contributed by atoms with Crippen LogP contribution < -0.4 is 16.0 Å². The number of hydrogen-bond donors (Lipinski definition) is 3. The van der Waals surface area contributed by atoms with Gasteiger partial charge in [-0.2, -0.15) is 13.2 Å². The van der Waals surface area contributed by atoms with Gasteiger partial charge >= 0.3 is 6.18 Å². The number of halogens is 5. The van der Waals surface area contributed by atoms with Crippen molar-refractivity contribution in [3.05, 3.63) is 59.7 Å². The number of rotatable bonds is 13. The summed E-state index contributed by atoms with van der Waals surface area (Å²) in [6.07, 6.45) is 4.65. The Kier molecular flexibility index (Phi) is 28.8. The Labute approximate surface area is 601 Å². The van der Waals surface area contributed by atoms with Crippen LogP contribution in [0, 0.1) is 29.4 Å². The lowest BCUT2D eigenvalue weighted by Gasteiger charge is -2.46. The van der Waals surface area contributed by atoms with Gasteiger partial charge in [0.15, 0.2) is 0 Å². The van der Waals surface area contributed by atoms with Crippen LogP contribution in [0.3, 0.4) is 0 Å². The standard InChI is InChI=1S/C73H107F5N12O13/c1-13-25-52-63(94)80-61(44(4)14-2)69(100)84(8)43-59(93)86(10)53-30-20-17-23-35-89(68(53)99)56(38-45-26-18-16-19-27-45)67(98)83(7)42-57(91)79-51(32-31-46-36-49(74)60(50(75)37-46)73(76,77)78)65(96)90-41-48(103-15-3)39-54(90)64(95)81-72(33-24-34-72)71(102)88(12)62(47-28-21-22-29-47)70(101)87(11)55(66(97)82(5)6)40-58(92)85(52)9/h13,17,20,36-37,44-45,47-48,51-56,61-62H,1,14-16,18-19,21-35,38-43H2,2-12H3,(H,79,91)(H,80,94)(H,81,95)/b20-17-/t44-,48+,51-,52-,53+,54-,55-,56-,61-,62-/m0/s1. The van der Waals surface area contributed by atoms with Crippen molar-refractivity contribution in [1.29, 1.82) is 0 Å². The lowest BCUT2D eigenvalue weighted by Crippen LogP contribution is -2.68. The predicted molar refractivity (Wildman–Crippen MR) is 370 cm³/mol. The smallest absolute Gasteiger partial charge is 0.377 e. The van der Waals surface area contributed by atoms with E-state index < -0.39 is 198 Å². The summed E-state index contributed by atoms with van der Waals surface area (Å²) < 4.78 is 77.9. The van der Waals surface area contributed by atoms with Gasteiger partial charge in [0.05, 0.1) is 25.6 Å². The van der Waals surface area contributed by atoms with Gasteiger partial charge in [0.1, 0.15) is 71.1 Å². The van der Waals surface area contributed by atoms with Crippen LogP contribution in [0.4, 0.5) is 22.0 Å². The summed E-state index contributed by atoms with van der Waals surface area (Å²) in [5.41, 5.74) is -4.13. The highest BCUT2D eigenvalue weighted by atomic mass is 19.4. The number of fused-ring (bicyclic) bond motifs is 3. The molecule has 1 spiro atoms. The van der Waals surface area contributed by atoms with Crippen molar-refractivity contribution >= 4 is 70.9 Å². The van der Waals surface area contributed by atoms with Gasteiger partial charge in [-0.05, 0) is 113 Å². The summed E-state index contributed by atoms with van der Waals surface area (Å²) in [5.74, 6) is -13.8. The molecule has 12 amide bonds. The van der Waals surface area contributed by atoms with Crippen LogP contribution in [-0.2, 0) is 74.9 Å². The third-order valence-electron chi connectivity index (χ3n) is 22.0. The van der Waals surface area contributed by atoms with E-state index >= 15 is 37.5 Å². The molecule has 2 bridgehead atoms. The first kappa shape index (κ1) is 82.2. The number of hydrogen-bond acceptors (Lipinski definition) is 13. The molecule has 1 aromatic rings. The Balaban J connectivity index is 1.32. The molecule has 10 atom stereocenters. The minimum absolute atomic E-state index is 0.000291. The fraction of sp³-hybridized carbons (Fsp3) is 0.699. The highest BCUT2D eigenvalue weighted by Crippen LogP contribution is 2.40. The number of aryl methyl sites for hydroxylation is 1. The first-order chi connectivity index (χ1) is 48.6. The van der Waals surface area contributed by atoms with E-state index in [9.17, 15) is 41.9 Å². The third kappa shape index (κ3) is 19.7. The second kappa shape index (κ2) is 36.1. The van der Waals surface area contributed by atoms with E-state index in [2.05, 4.69) is 22.5 Å². The fourth-order valence-corrected chi connectivity index (χ4v) is 15.5. The van der Waals surface area contributed by atoms with Crippen molar-refractivity contribution in [3.8, 4) is 0 Å². The summed E-state index contributed by atoms with van der Waals surface area (Å²) in [7, 11) is 11.1. The van der Waals surface area contributed by atoms with E-state index in [4.69, 9.17) is 4.74 Å². The van der Waals surface area contributed by atoms with E-state index in [0.717, 1.165) is 56.6 Å². The monoisotopic (exact) mass is 1450 g/mol. The molecule has 2 saturated heterocycles. The second-order valence-corrected chi connectivity index (χ2v) is 29.3. The summed E-state index contributed by atoms with van der Waals surface area (Å²) in [6, 6.07) is -9.97. The van der Waals surface area contributed by atoms with Crippen molar-refractivity contribution in [2.24, 2.45) is 17.8 Å². The molecule has 3 saturated carbocycles. The first-order valence-corrected chi connectivity index (χ1v) is 36.3. The topological polar surface area (TPSA) is 279 Å². The summed E-state index contributed by atoms with van der Waals surface area (Å²) >= 11 is 0. The van der Waals surface area contributed by atoms with Gasteiger partial charge in [-0.3, -0.25) is 57.5 Å². The molecule has 572 valence electrons. The molecule has 7 rings (SSSR count). The first-order valence-electron chi connectivity index (χ1n) is 36.3. The number of likely N-dealkylation sites (N-methyl/N-ethyl adjacent to an activating group) is 7. The van der Waals surface area contributed by atoms with Crippen molar-refractivity contribution in [2.45, 2.75) is 222 Å². The van der Waals surface area contributed by atoms with Gasteiger partial charge in [0.2, 0.25) is 70.9 Å². The molecule has 3 heterocycles. The Bertz CT molecular complexity index is 3300. The fourth-order valence-electron chi connectivity index (χ4n) is 15.5.